The average Bonchev–Trinajstić information content (AvgIpc) is 3.32. The number of dihydropyridines is 1. The van der Waals surface area contributed by atoms with Crippen molar-refractivity contribution in [3.05, 3.63) is 78.8 Å². The van der Waals surface area contributed by atoms with Crippen LogP contribution in [-0.4, -0.2) is 39.9 Å². The van der Waals surface area contributed by atoms with E-state index in [0.717, 1.165) is 39.5 Å². The molecule has 176 valence electrons. The predicted octanol–water partition coefficient (Wildman–Crippen LogP) is 6.19. The number of imidazole rings is 1. The van der Waals surface area contributed by atoms with E-state index in [1.165, 1.54) is 25.0 Å². The summed E-state index contributed by atoms with van der Waals surface area (Å²) in [4.78, 5) is 19.6. The van der Waals surface area contributed by atoms with Gasteiger partial charge in [0.2, 0.25) is 0 Å². The zero-order chi connectivity index (χ0) is 23.8. The highest BCUT2D eigenvalue weighted by molar-refractivity contribution is 7.17. The highest BCUT2D eigenvalue weighted by atomic mass is 31.0. The van der Waals surface area contributed by atoms with Gasteiger partial charge in [-0.15, -0.1) is 9.24 Å². The van der Waals surface area contributed by atoms with Crippen LogP contribution >= 0.6 is 9.24 Å². The van der Waals surface area contributed by atoms with Crippen LogP contribution in [0.2, 0.25) is 0 Å². The zero-order valence-corrected chi connectivity index (χ0v) is 20.9. The van der Waals surface area contributed by atoms with E-state index >= 15 is 0 Å². The van der Waals surface area contributed by atoms with Gasteiger partial charge >= 0.3 is 0 Å². The molecule has 0 bridgehead atoms. The van der Waals surface area contributed by atoms with Crippen LogP contribution in [0.3, 0.4) is 0 Å². The molecule has 1 fully saturated rings. The predicted molar refractivity (Wildman–Crippen MR) is 149 cm³/mol. The number of allylic oxidation sites excluding steroid dienone is 1. The number of aromatic amines is 1. The summed E-state index contributed by atoms with van der Waals surface area (Å²) < 4.78 is 0. The maximum Gasteiger partial charge on any atom is 0.138 e. The molecule has 0 radical (unpaired) electrons. The molecule has 2 aromatic heterocycles. The van der Waals surface area contributed by atoms with Crippen molar-refractivity contribution in [1.82, 2.24) is 15.0 Å². The lowest BCUT2D eigenvalue weighted by molar-refractivity contribution is 0.350. The third kappa shape index (κ3) is 4.46. The molecule has 6 rings (SSSR count). The number of aliphatic imine (C=N–C) groups is 1. The van der Waals surface area contributed by atoms with Crippen molar-refractivity contribution in [3.8, 4) is 11.4 Å². The van der Waals surface area contributed by atoms with Gasteiger partial charge in [-0.05, 0) is 73.5 Å². The molecule has 2 N–H and O–H groups in total. The number of hydrogen-bond acceptors (Lipinski definition) is 5. The summed E-state index contributed by atoms with van der Waals surface area (Å²) in [6, 6.07) is 19.1. The minimum absolute atomic E-state index is 0.407. The van der Waals surface area contributed by atoms with Crippen molar-refractivity contribution in [3.63, 3.8) is 0 Å². The summed E-state index contributed by atoms with van der Waals surface area (Å²) in [5, 5.41) is 3.43. The highest BCUT2D eigenvalue weighted by Gasteiger charge is 2.34. The Morgan fingerprint density at radius 2 is 1.91 bits per heavy atom. The van der Waals surface area contributed by atoms with Gasteiger partial charge in [-0.3, -0.25) is 9.98 Å². The number of hydrogen-bond donors (Lipinski definition) is 2. The Hall–Kier alpha value is -3.50. The third-order valence-electron chi connectivity index (χ3n) is 7.10. The smallest absolute Gasteiger partial charge is 0.138 e. The van der Waals surface area contributed by atoms with E-state index in [1.54, 1.807) is 12.4 Å². The normalized spacial score (nSPS) is 21.4. The van der Waals surface area contributed by atoms with Crippen molar-refractivity contribution in [2.24, 2.45) is 10.9 Å². The van der Waals surface area contributed by atoms with Crippen LogP contribution < -0.4 is 10.2 Å². The summed E-state index contributed by atoms with van der Waals surface area (Å²) in [7, 11) is 5.19. The van der Waals surface area contributed by atoms with E-state index in [0.29, 0.717) is 17.6 Å². The van der Waals surface area contributed by atoms with Crippen LogP contribution in [0.4, 0.5) is 17.1 Å². The topological polar surface area (TPSA) is 69.2 Å². The van der Waals surface area contributed by atoms with Gasteiger partial charge in [0, 0.05) is 59.9 Å². The Bertz CT molecular complexity index is 1410. The molecule has 2 aromatic carbocycles. The Balaban J connectivity index is 1.27. The maximum absolute atomic E-state index is 4.87. The maximum atomic E-state index is 4.87. The van der Waals surface area contributed by atoms with Crippen LogP contribution in [0.15, 0.2) is 83.8 Å². The second-order valence-corrected chi connectivity index (χ2v) is 10.4. The van der Waals surface area contributed by atoms with Crippen molar-refractivity contribution < 1.29 is 0 Å². The first kappa shape index (κ1) is 22.0. The SMILES string of the molecule is CN(C1=CC=NC2CCC(P)CC12)c1ccc2nc(-c3cccc(Nc4ccncc4)c3)[nH]c2c1. The lowest BCUT2D eigenvalue weighted by Crippen LogP contribution is -2.37. The lowest BCUT2D eigenvalue weighted by atomic mass is 9.80. The van der Waals surface area contributed by atoms with Crippen LogP contribution in [-0.2, 0) is 0 Å². The van der Waals surface area contributed by atoms with Gasteiger partial charge < -0.3 is 15.2 Å². The number of rotatable bonds is 5. The van der Waals surface area contributed by atoms with Gasteiger partial charge in [0.05, 0.1) is 17.1 Å². The number of aromatic nitrogens is 3. The molecule has 4 atom stereocenters. The number of benzene rings is 2. The van der Waals surface area contributed by atoms with Crippen LogP contribution in [0.1, 0.15) is 19.3 Å². The lowest BCUT2D eigenvalue weighted by Gasteiger charge is -2.39. The summed E-state index contributed by atoms with van der Waals surface area (Å²) >= 11 is 0. The highest BCUT2D eigenvalue weighted by Crippen LogP contribution is 2.39. The van der Waals surface area contributed by atoms with Gasteiger partial charge in [-0.1, -0.05) is 12.1 Å². The molecule has 35 heavy (non-hydrogen) atoms. The molecule has 0 saturated heterocycles. The number of pyridine rings is 1. The van der Waals surface area contributed by atoms with E-state index in [-0.39, 0.29) is 0 Å². The van der Waals surface area contributed by atoms with Gasteiger partial charge in [0.15, 0.2) is 0 Å². The molecule has 1 saturated carbocycles. The molecule has 1 aliphatic carbocycles. The van der Waals surface area contributed by atoms with Gasteiger partial charge in [-0.25, -0.2) is 4.98 Å². The first-order valence-corrected chi connectivity index (χ1v) is 12.8. The molecule has 2 aliphatic rings. The fourth-order valence-corrected chi connectivity index (χ4v) is 5.72. The van der Waals surface area contributed by atoms with Gasteiger partial charge in [-0.2, -0.15) is 0 Å². The van der Waals surface area contributed by atoms with Crippen molar-refractivity contribution >= 4 is 43.5 Å². The molecule has 0 spiro atoms. The fourth-order valence-electron chi connectivity index (χ4n) is 5.24. The summed E-state index contributed by atoms with van der Waals surface area (Å²) in [6.45, 7) is 0. The first-order valence-electron chi connectivity index (χ1n) is 12.1. The van der Waals surface area contributed by atoms with E-state index in [9.17, 15) is 0 Å². The van der Waals surface area contributed by atoms with Crippen molar-refractivity contribution in [2.45, 2.75) is 31.0 Å². The largest absolute Gasteiger partial charge is 0.355 e. The van der Waals surface area contributed by atoms with Crippen molar-refractivity contribution in [2.75, 3.05) is 17.3 Å². The van der Waals surface area contributed by atoms with Crippen molar-refractivity contribution in [1.29, 1.82) is 0 Å². The Labute approximate surface area is 207 Å². The van der Waals surface area contributed by atoms with Crippen LogP contribution in [0, 0.1) is 5.92 Å². The standard InChI is InChI=1S/C28H29N6P/c1-34(27-11-14-30-24-8-6-22(35)17-23(24)27)21-5-7-25-26(16-21)33-28(32-25)18-3-2-4-20(15-18)31-19-9-12-29-13-10-19/h2-5,7,9-16,22-24H,6,8,17,35H2,1H3,(H,29,31)(H,32,33). The molecule has 1 aliphatic heterocycles. The second kappa shape index (κ2) is 9.27. The summed E-state index contributed by atoms with van der Waals surface area (Å²) in [6.07, 6.45) is 11.3. The number of H-pyrrole nitrogens is 1. The Morgan fingerprint density at radius 1 is 1.03 bits per heavy atom. The monoisotopic (exact) mass is 480 g/mol. The molecule has 6 nitrogen and oxygen atoms in total. The average molecular weight is 481 g/mol. The third-order valence-corrected chi connectivity index (χ3v) is 7.71. The Kier molecular flexibility index (Phi) is 5.83. The number of anilines is 3. The van der Waals surface area contributed by atoms with E-state index in [1.807, 2.05) is 24.4 Å². The molecule has 4 unspecified atom stereocenters. The van der Waals surface area contributed by atoms with Gasteiger partial charge in [0.25, 0.3) is 0 Å². The van der Waals surface area contributed by atoms with Crippen LogP contribution in [0.25, 0.3) is 22.4 Å². The van der Waals surface area contributed by atoms with Crippen LogP contribution in [0.5, 0.6) is 0 Å². The van der Waals surface area contributed by atoms with E-state index < -0.39 is 0 Å². The zero-order valence-electron chi connectivity index (χ0n) is 19.7. The molecular formula is C28H29N6P. The number of fused-ring (bicyclic) bond motifs is 2. The molecule has 0 amide bonds. The van der Waals surface area contributed by atoms with E-state index in [4.69, 9.17) is 9.98 Å². The molecule has 7 heteroatoms. The minimum Gasteiger partial charge on any atom is -0.355 e. The molecule has 3 heterocycles. The van der Waals surface area contributed by atoms with Gasteiger partial charge in [0.1, 0.15) is 5.82 Å². The number of nitrogens with zero attached hydrogens (tertiary/aromatic N) is 4. The summed E-state index contributed by atoms with van der Waals surface area (Å²) in [5.41, 5.74) is 8.23. The summed E-state index contributed by atoms with van der Waals surface area (Å²) in [5.74, 6) is 1.34. The Morgan fingerprint density at radius 3 is 2.80 bits per heavy atom. The number of nitrogens with one attached hydrogen (secondary N) is 2. The molecule has 4 aromatic rings. The molecular weight excluding hydrogens is 451 g/mol. The second-order valence-electron chi connectivity index (χ2n) is 9.42. The minimum atomic E-state index is 0.407. The quantitative estimate of drug-likeness (QED) is 0.335. The van der Waals surface area contributed by atoms with E-state index in [2.05, 4.69) is 78.9 Å². The fraction of sp³-hybridized carbons (Fsp3) is 0.250. The first-order chi connectivity index (χ1) is 17.1.